The topological polar surface area (TPSA) is 83.0 Å². The summed E-state index contributed by atoms with van der Waals surface area (Å²) in [6, 6.07) is 7.48. The molecule has 1 aliphatic heterocycles. The third-order valence-corrected chi connectivity index (χ3v) is 5.22. The van der Waals surface area contributed by atoms with Crippen molar-refractivity contribution >= 4 is 29.1 Å². The maximum Gasteiger partial charge on any atom is 0.295 e. The van der Waals surface area contributed by atoms with Crippen LogP contribution in [0.15, 0.2) is 48.3 Å². The van der Waals surface area contributed by atoms with Crippen molar-refractivity contribution in [1.82, 2.24) is 14.8 Å². The molecule has 0 spiro atoms. The van der Waals surface area contributed by atoms with Crippen LogP contribution in [0.4, 0.5) is 0 Å². The molecule has 158 valence electrons. The number of ether oxygens (including phenoxy) is 1. The molecule has 30 heavy (non-hydrogen) atoms. The van der Waals surface area contributed by atoms with Crippen LogP contribution in [0.2, 0.25) is 5.02 Å². The number of aliphatic hydroxyl groups excluding tert-OH is 1. The Hall–Kier alpha value is -2.90. The molecule has 0 bridgehead atoms. The number of benzene rings is 1. The van der Waals surface area contributed by atoms with Crippen LogP contribution < -0.4 is 4.74 Å². The van der Waals surface area contributed by atoms with Gasteiger partial charge in [-0.1, -0.05) is 11.6 Å². The zero-order valence-electron chi connectivity index (χ0n) is 17.1. The van der Waals surface area contributed by atoms with E-state index < -0.39 is 17.7 Å². The number of likely N-dealkylation sites (tertiary alicyclic amines) is 1. The van der Waals surface area contributed by atoms with Crippen molar-refractivity contribution in [2.24, 2.45) is 0 Å². The molecule has 2 heterocycles. The second-order valence-electron chi connectivity index (χ2n) is 7.27. The van der Waals surface area contributed by atoms with E-state index in [4.69, 9.17) is 16.3 Å². The first-order chi connectivity index (χ1) is 14.3. The third kappa shape index (κ3) is 4.32. The van der Waals surface area contributed by atoms with Gasteiger partial charge in [0.1, 0.15) is 11.5 Å². The summed E-state index contributed by atoms with van der Waals surface area (Å²) in [5.74, 6) is -1.34. The van der Waals surface area contributed by atoms with Gasteiger partial charge in [0.2, 0.25) is 0 Å². The molecule has 0 saturated carbocycles. The summed E-state index contributed by atoms with van der Waals surface area (Å²) < 4.78 is 5.32. The lowest BCUT2D eigenvalue weighted by molar-refractivity contribution is -0.139. The molecule has 1 saturated heterocycles. The maximum absolute atomic E-state index is 13.0. The zero-order chi connectivity index (χ0) is 21.8. The van der Waals surface area contributed by atoms with Gasteiger partial charge in [0.15, 0.2) is 0 Å². The second-order valence-corrected chi connectivity index (χ2v) is 7.71. The number of carbonyl (C=O) groups excluding carboxylic acids is 2. The highest BCUT2D eigenvalue weighted by Gasteiger charge is 2.46. The number of nitrogens with zero attached hydrogens (tertiary/aromatic N) is 3. The molecule has 1 fully saturated rings. The average Bonchev–Trinajstić information content (AvgIpc) is 2.98. The Kier molecular flexibility index (Phi) is 6.74. The van der Waals surface area contributed by atoms with E-state index in [0.29, 0.717) is 29.3 Å². The van der Waals surface area contributed by atoms with Crippen LogP contribution in [0.25, 0.3) is 5.76 Å². The number of amides is 1. The molecule has 0 radical (unpaired) electrons. The highest BCUT2D eigenvalue weighted by Crippen LogP contribution is 2.41. The maximum atomic E-state index is 13.0. The minimum atomic E-state index is -0.735. The van der Waals surface area contributed by atoms with Crippen molar-refractivity contribution in [3.05, 3.63) is 64.4 Å². The fraction of sp³-hybridized carbons (Fsp3) is 0.318. The summed E-state index contributed by atoms with van der Waals surface area (Å²) in [6.07, 6.45) is 3.87. The first-order valence-corrected chi connectivity index (χ1v) is 9.90. The predicted molar refractivity (Wildman–Crippen MR) is 114 cm³/mol. The van der Waals surface area contributed by atoms with Crippen LogP contribution >= 0.6 is 11.6 Å². The van der Waals surface area contributed by atoms with Crippen molar-refractivity contribution in [1.29, 1.82) is 0 Å². The number of halogens is 1. The van der Waals surface area contributed by atoms with E-state index in [1.165, 1.54) is 18.1 Å². The van der Waals surface area contributed by atoms with E-state index in [2.05, 4.69) is 4.98 Å². The molecule has 1 aromatic carbocycles. The van der Waals surface area contributed by atoms with Gasteiger partial charge in [-0.25, -0.2) is 0 Å². The van der Waals surface area contributed by atoms with Crippen molar-refractivity contribution in [2.45, 2.75) is 12.5 Å². The summed E-state index contributed by atoms with van der Waals surface area (Å²) in [5.41, 5.74) is 0.962. The van der Waals surface area contributed by atoms with Gasteiger partial charge in [-0.15, -0.1) is 0 Å². The van der Waals surface area contributed by atoms with Gasteiger partial charge in [-0.05, 0) is 63.0 Å². The van der Waals surface area contributed by atoms with Crippen LogP contribution in [0.3, 0.4) is 0 Å². The number of rotatable bonds is 7. The first kappa shape index (κ1) is 21.8. The van der Waals surface area contributed by atoms with Crippen molar-refractivity contribution in [3.63, 3.8) is 0 Å². The van der Waals surface area contributed by atoms with Gasteiger partial charge in [0.05, 0.1) is 24.3 Å². The predicted octanol–water partition coefficient (Wildman–Crippen LogP) is 3.12. The average molecular weight is 430 g/mol. The van der Waals surface area contributed by atoms with Crippen molar-refractivity contribution in [3.8, 4) is 5.75 Å². The van der Waals surface area contributed by atoms with Crippen LogP contribution in [-0.2, 0) is 9.59 Å². The SMILES string of the molecule is COc1ccc(Cl)cc1/C(O)=C1\C(=O)C(=O)N(CCCN(C)C)[C@@H]1c1ccncc1. The van der Waals surface area contributed by atoms with E-state index in [1.54, 1.807) is 36.7 Å². The number of aromatic nitrogens is 1. The van der Waals surface area contributed by atoms with E-state index in [-0.39, 0.29) is 16.9 Å². The van der Waals surface area contributed by atoms with E-state index >= 15 is 0 Å². The molecule has 1 atom stereocenters. The Labute approximate surface area is 180 Å². The Morgan fingerprint density at radius 2 is 1.93 bits per heavy atom. The number of methoxy groups -OCH3 is 1. The van der Waals surface area contributed by atoms with E-state index in [0.717, 1.165) is 6.54 Å². The molecule has 2 aromatic rings. The molecule has 8 heteroatoms. The number of Topliss-reactive ketones (excluding diaryl/α,β-unsaturated/α-hetero) is 1. The van der Waals surface area contributed by atoms with Crippen LogP contribution in [0.1, 0.15) is 23.6 Å². The highest BCUT2D eigenvalue weighted by atomic mass is 35.5. The molecular weight excluding hydrogens is 406 g/mol. The molecule has 0 aliphatic carbocycles. The highest BCUT2D eigenvalue weighted by molar-refractivity contribution is 6.46. The Morgan fingerprint density at radius 3 is 2.57 bits per heavy atom. The summed E-state index contributed by atoms with van der Waals surface area (Å²) >= 11 is 6.11. The van der Waals surface area contributed by atoms with Gasteiger partial charge in [-0.2, -0.15) is 0 Å². The summed E-state index contributed by atoms with van der Waals surface area (Å²) in [7, 11) is 5.35. The lowest BCUT2D eigenvalue weighted by Gasteiger charge is -2.26. The van der Waals surface area contributed by atoms with Gasteiger partial charge in [0, 0.05) is 24.0 Å². The first-order valence-electron chi connectivity index (χ1n) is 9.52. The lowest BCUT2D eigenvalue weighted by Crippen LogP contribution is -2.32. The Morgan fingerprint density at radius 1 is 1.23 bits per heavy atom. The van der Waals surface area contributed by atoms with Gasteiger partial charge in [0.25, 0.3) is 11.7 Å². The van der Waals surface area contributed by atoms with Gasteiger partial charge >= 0.3 is 0 Å². The fourth-order valence-corrected chi connectivity index (χ4v) is 3.74. The molecule has 1 aromatic heterocycles. The van der Waals surface area contributed by atoms with Crippen LogP contribution in [0.5, 0.6) is 5.75 Å². The van der Waals surface area contributed by atoms with Crippen LogP contribution in [-0.4, -0.2) is 65.9 Å². The Bertz CT molecular complexity index is 976. The van der Waals surface area contributed by atoms with Gasteiger partial charge < -0.3 is 19.6 Å². The third-order valence-electron chi connectivity index (χ3n) is 4.98. The van der Waals surface area contributed by atoms with Crippen LogP contribution in [0, 0.1) is 0 Å². The molecule has 3 rings (SSSR count). The number of aliphatic hydroxyl groups is 1. The number of ketones is 1. The molecular formula is C22H24ClN3O4. The molecule has 1 aliphatic rings. The monoisotopic (exact) mass is 429 g/mol. The smallest absolute Gasteiger partial charge is 0.295 e. The fourth-order valence-electron chi connectivity index (χ4n) is 3.57. The standard InChI is InChI=1S/C22H24ClN3O4/c1-25(2)11-4-12-26-19(14-7-9-24-10-8-14)18(21(28)22(26)29)20(27)16-13-15(23)5-6-17(16)30-3/h5-10,13,19,27H,4,11-12H2,1-3H3/b20-18+/t19-/m1/s1. The molecule has 7 nitrogen and oxygen atoms in total. The van der Waals surface area contributed by atoms with Crippen molar-refractivity contribution in [2.75, 3.05) is 34.3 Å². The Balaban J connectivity index is 2.13. The molecule has 1 amide bonds. The quantitative estimate of drug-likeness (QED) is 0.413. The minimum Gasteiger partial charge on any atom is -0.507 e. The number of hydrogen-bond acceptors (Lipinski definition) is 6. The normalized spacial score (nSPS) is 18.3. The van der Waals surface area contributed by atoms with Crippen molar-refractivity contribution < 1.29 is 19.4 Å². The number of carbonyl (C=O) groups is 2. The van der Waals surface area contributed by atoms with E-state index in [9.17, 15) is 14.7 Å². The minimum absolute atomic E-state index is 0.0108. The summed E-state index contributed by atoms with van der Waals surface area (Å²) in [4.78, 5) is 33.4. The number of hydrogen-bond donors (Lipinski definition) is 1. The zero-order valence-corrected chi connectivity index (χ0v) is 17.9. The second kappa shape index (κ2) is 9.28. The molecule has 0 unspecified atom stereocenters. The summed E-state index contributed by atoms with van der Waals surface area (Å²) in [5, 5.41) is 11.5. The van der Waals surface area contributed by atoms with Gasteiger partial charge in [-0.3, -0.25) is 14.6 Å². The summed E-state index contributed by atoms with van der Waals surface area (Å²) in [6.45, 7) is 1.13. The lowest BCUT2D eigenvalue weighted by atomic mass is 9.95. The molecule has 1 N–H and O–H groups in total. The largest absolute Gasteiger partial charge is 0.507 e. The number of pyridine rings is 1. The van der Waals surface area contributed by atoms with E-state index in [1.807, 2.05) is 19.0 Å².